The van der Waals surface area contributed by atoms with Crippen LogP contribution in [0.25, 0.3) is 0 Å². The molecule has 6 nitrogen and oxygen atoms in total. The first-order valence-corrected chi connectivity index (χ1v) is 7.49. The van der Waals surface area contributed by atoms with Gasteiger partial charge in [0.2, 0.25) is 0 Å². The van der Waals surface area contributed by atoms with Gasteiger partial charge in [0.15, 0.2) is 0 Å². The Morgan fingerprint density at radius 1 is 1.30 bits per heavy atom. The minimum Gasteiger partial charge on any atom is -0.324 e. The predicted molar refractivity (Wildman–Crippen MR) is 80.2 cm³/mol. The SMILES string of the molecule is CCN(C)CCN(CC)C(=O)NC1NOC(C)(C)C1C. The number of hydrogen-bond donors (Lipinski definition) is 2. The van der Waals surface area contributed by atoms with E-state index in [1.165, 1.54) is 0 Å². The Morgan fingerprint density at radius 2 is 1.95 bits per heavy atom. The van der Waals surface area contributed by atoms with Gasteiger partial charge in [0, 0.05) is 25.6 Å². The van der Waals surface area contributed by atoms with E-state index in [9.17, 15) is 4.79 Å². The topological polar surface area (TPSA) is 56.8 Å². The van der Waals surface area contributed by atoms with Crippen LogP contribution in [0.15, 0.2) is 0 Å². The molecular weight excluding hydrogens is 256 g/mol. The van der Waals surface area contributed by atoms with Crippen LogP contribution in [-0.4, -0.2) is 60.8 Å². The van der Waals surface area contributed by atoms with Crippen LogP contribution in [-0.2, 0) is 4.84 Å². The Labute approximate surface area is 122 Å². The molecule has 2 N–H and O–H groups in total. The summed E-state index contributed by atoms with van der Waals surface area (Å²) in [6.45, 7) is 13.5. The predicted octanol–water partition coefficient (Wildman–Crippen LogP) is 1.25. The lowest BCUT2D eigenvalue weighted by molar-refractivity contribution is -0.0429. The molecule has 0 aromatic carbocycles. The third kappa shape index (κ3) is 4.33. The maximum Gasteiger partial charge on any atom is 0.318 e. The summed E-state index contributed by atoms with van der Waals surface area (Å²) in [5, 5.41) is 3.01. The van der Waals surface area contributed by atoms with E-state index < -0.39 is 0 Å². The van der Waals surface area contributed by atoms with Gasteiger partial charge in [-0.05, 0) is 34.4 Å². The standard InChI is InChI=1S/C14H30N4O2/c1-7-17(6)9-10-18(8-2)13(19)15-12-11(3)14(4,5)20-16-12/h11-12,16H,7-10H2,1-6H3,(H,15,19). The van der Waals surface area contributed by atoms with Gasteiger partial charge in [0.05, 0.1) is 5.60 Å². The Hall–Kier alpha value is -0.850. The van der Waals surface area contributed by atoms with Crippen molar-refractivity contribution in [3.63, 3.8) is 0 Å². The van der Waals surface area contributed by atoms with Gasteiger partial charge in [0.1, 0.15) is 6.17 Å². The summed E-state index contributed by atoms with van der Waals surface area (Å²) in [5.74, 6) is 0.212. The van der Waals surface area contributed by atoms with E-state index in [1.54, 1.807) is 0 Å². The molecule has 1 saturated heterocycles. The summed E-state index contributed by atoms with van der Waals surface area (Å²) >= 11 is 0. The second kappa shape index (κ2) is 7.24. The zero-order valence-corrected chi connectivity index (χ0v) is 13.7. The van der Waals surface area contributed by atoms with Gasteiger partial charge in [-0.1, -0.05) is 13.8 Å². The number of nitrogens with zero attached hydrogens (tertiary/aromatic N) is 2. The van der Waals surface area contributed by atoms with E-state index in [-0.39, 0.29) is 23.7 Å². The number of rotatable bonds is 6. The molecule has 0 radical (unpaired) electrons. The van der Waals surface area contributed by atoms with E-state index in [0.29, 0.717) is 6.54 Å². The van der Waals surface area contributed by atoms with Gasteiger partial charge >= 0.3 is 6.03 Å². The molecule has 1 rings (SSSR count). The third-order valence-electron chi connectivity index (χ3n) is 4.28. The van der Waals surface area contributed by atoms with Gasteiger partial charge in [-0.2, -0.15) is 5.48 Å². The molecule has 1 aliphatic rings. The fraction of sp³-hybridized carbons (Fsp3) is 0.929. The molecule has 0 aromatic rings. The first-order chi connectivity index (χ1) is 9.31. The highest BCUT2D eigenvalue weighted by Gasteiger charge is 2.41. The molecular formula is C14H30N4O2. The summed E-state index contributed by atoms with van der Waals surface area (Å²) in [5.41, 5.74) is 2.65. The molecule has 0 spiro atoms. The summed E-state index contributed by atoms with van der Waals surface area (Å²) < 4.78 is 0. The van der Waals surface area contributed by atoms with Crippen molar-refractivity contribution in [3.05, 3.63) is 0 Å². The van der Waals surface area contributed by atoms with Crippen molar-refractivity contribution >= 4 is 6.03 Å². The Bertz CT molecular complexity index is 322. The van der Waals surface area contributed by atoms with Crippen LogP contribution in [0.3, 0.4) is 0 Å². The highest BCUT2D eigenvalue weighted by molar-refractivity contribution is 5.74. The van der Waals surface area contributed by atoms with Crippen molar-refractivity contribution in [1.82, 2.24) is 20.6 Å². The molecule has 0 aromatic heterocycles. The Kier molecular flexibility index (Phi) is 6.23. The lowest BCUT2D eigenvalue weighted by Crippen LogP contribution is -2.52. The van der Waals surface area contributed by atoms with Crippen molar-refractivity contribution in [2.75, 3.05) is 33.2 Å². The van der Waals surface area contributed by atoms with Gasteiger partial charge in [0.25, 0.3) is 0 Å². The monoisotopic (exact) mass is 286 g/mol. The Balaban J connectivity index is 2.47. The fourth-order valence-corrected chi connectivity index (χ4v) is 2.04. The van der Waals surface area contributed by atoms with E-state index in [2.05, 4.69) is 36.6 Å². The van der Waals surface area contributed by atoms with Crippen LogP contribution < -0.4 is 10.8 Å². The smallest absolute Gasteiger partial charge is 0.318 e. The summed E-state index contributed by atoms with van der Waals surface area (Å²) in [6.07, 6.45) is -0.143. The van der Waals surface area contributed by atoms with Gasteiger partial charge < -0.3 is 15.1 Å². The van der Waals surface area contributed by atoms with Gasteiger partial charge in [-0.15, -0.1) is 0 Å². The van der Waals surface area contributed by atoms with E-state index in [1.807, 2.05) is 25.7 Å². The minimum atomic E-state index is -0.266. The van der Waals surface area contributed by atoms with Crippen molar-refractivity contribution in [1.29, 1.82) is 0 Å². The molecule has 0 bridgehead atoms. The molecule has 118 valence electrons. The van der Waals surface area contributed by atoms with Gasteiger partial charge in [-0.25, -0.2) is 4.79 Å². The second-order valence-corrected chi connectivity index (χ2v) is 6.01. The summed E-state index contributed by atoms with van der Waals surface area (Å²) in [4.78, 5) is 21.8. The normalized spacial score (nSPS) is 24.9. The van der Waals surface area contributed by atoms with Crippen molar-refractivity contribution in [3.8, 4) is 0 Å². The molecule has 20 heavy (non-hydrogen) atoms. The molecule has 2 unspecified atom stereocenters. The second-order valence-electron chi connectivity index (χ2n) is 6.01. The minimum absolute atomic E-state index is 0.0392. The van der Waals surface area contributed by atoms with Crippen LogP contribution in [0.5, 0.6) is 0 Å². The zero-order chi connectivity index (χ0) is 15.3. The lowest BCUT2D eigenvalue weighted by Gasteiger charge is -2.27. The van der Waals surface area contributed by atoms with Crippen LogP contribution in [0.1, 0.15) is 34.6 Å². The average Bonchev–Trinajstić information content (AvgIpc) is 2.66. The summed E-state index contributed by atoms with van der Waals surface area (Å²) in [7, 11) is 2.06. The number of hydrogen-bond acceptors (Lipinski definition) is 4. The Morgan fingerprint density at radius 3 is 2.40 bits per heavy atom. The first-order valence-electron chi connectivity index (χ1n) is 7.49. The van der Waals surface area contributed by atoms with Crippen LogP contribution in [0, 0.1) is 5.92 Å². The van der Waals surface area contributed by atoms with E-state index in [0.717, 1.165) is 19.6 Å². The largest absolute Gasteiger partial charge is 0.324 e. The number of carbonyl (C=O) groups is 1. The van der Waals surface area contributed by atoms with Crippen molar-refractivity contribution in [2.24, 2.45) is 5.92 Å². The van der Waals surface area contributed by atoms with Crippen LogP contribution in [0.4, 0.5) is 4.79 Å². The molecule has 6 heteroatoms. The van der Waals surface area contributed by atoms with Crippen LogP contribution in [0.2, 0.25) is 0 Å². The maximum atomic E-state index is 12.3. The zero-order valence-electron chi connectivity index (χ0n) is 13.7. The number of urea groups is 1. The molecule has 0 saturated carbocycles. The molecule has 1 fully saturated rings. The van der Waals surface area contributed by atoms with Crippen molar-refractivity contribution in [2.45, 2.75) is 46.4 Å². The molecule has 2 amide bonds. The quantitative estimate of drug-likeness (QED) is 0.771. The van der Waals surface area contributed by atoms with Crippen molar-refractivity contribution < 1.29 is 9.63 Å². The average molecular weight is 286 g/mol. The van der Waals surface area contributed by atoms with E-state index >= 15 is 0 Å². The fourth-order valence-electron chi connectivity index (χ4n) is 2.04. The number of likely N-dealkylation sites (N-methyl/N-ethyl adjacent to an activating group) is 2. The van der Waals surface area contributed by atoms with E-state index in [4.69, 9.17) is 4.84 Å². The molecule has 0 aliphatic carbocycles. The summed E-state index contributed by atoms with van der Waals surface area (Å²) in [6, 6.07) is -0.0392. The molecule has 1 aliphatic heterocycles. The third-order valence-corrected chi connectivity index (χ3v) is 4.28. The molecule has 1 heterocycles. The number of hydroxylamine groups is 1. The van der Waals surface area contributed by atoms with Gasteiger partial charge in [-0.3, -0.25) is 4.84 Å². The van der Waals surface area contributed by atoms with Crippen LogP contribution >= 0.6 is 0 Å². The highest BCUT2D eigenvalue weighted by atomic mass is 16.7. The first kappa shape index (κ1) is 17.2. The maximum absolute atomic E-state index is 12.3. The highest BCUT2D eigenvalue weighted by Crippen LogP contribution is 2.27. The number of nitrogens with one attached hydrogen (secondary N) is 2. The lowest BCUT2D eigenvalue weighted by atomic mass is 9.92. The number of carbonyl (C=O) groups excluding carboxylic acids is 1. The molecule has 2 atom stereocenters. The number of amides is 2.